The van der Waals surface area contributed by atoms with Crippen LogP contribution in [0, 0.1) is 18.3 Å². The second-order valence-corrected chi connectivity index (χ2v) is 9.40. The minimum absolute atomic E-state index is 0.0411. The largest absolute Gasteiger partial charge is 0.490 e. The molecule has 3 rings (SSSR count). The molecule has 3 aromatic rings. The van der Waals surface area contributed by atoms with Crippen LogP contribution >= 0.6 is 11.6 Å². The molecule has 0 spiro atoms. The van der Waals surface area contributed by atoms with Gasteiger partial charge in [0.15, 0.2) is 11.5 Å². The fraction of sp³-hybridized carbons (Fsp3) is 0.290. The molecule has 0 radical (unpaired) electrons. The highest BCUT2D eigenvalue weighted by atomic mass is 35.5. The second-order valence-electron chi connectivity index (χ2n) is 8.99. The first-order chi connectivity index (χ1) is 18.3. The first kappa shape index (κ1) is 28.6. The Balaban J connectivity index is 1.70. The monoisotopic (exact) mass is 532 g/mol. The summed E-state index contributed by atoms with van der Waals surface area (Å²) in [5.74, 6) is 1.51. The number of ether oxygens (including phenoxy) is 3. The standard InChI is InChI=1S/C31H33ClN2O4/c1-5-36-29-18-24(16-25(19-33)31(35)34-20-23-9-7-6-8-10-23)17-27(32)30(29)38-14-13-37-28-15-22(4)11-12-26(28)21(2)3/h6-12,15-18,21H,5,13-14,20H2,1-4H3,(H,34,35)/b25-16+. The fourth-order valence-corrected chi connectivity index (χ4v) is 4.08. The zero-order chi connectivity index (χ0) is 27.5. The van der Waals surface area contributed by atoms with E-state index in [0.29, 0.717) is 47.8 Å². The van der Waals surface area contributed by atoms with E-state index >= 15 is 0 Å². The van der Waals surface area contributed by atoms with Crippen LogP contribution in [0.3, 0.4) is 0 Å². The maximum absolute atomic E-state index is 12.6. The van der Waals surface area contributed by atoms with E-state index in [1.165, 1.54) is 6.08 Å². The summed E-state index contributed by atoms with van der Waals surface area (Å²) in [6.07, 6.45) is 1.48. The molecule has 0 bridgehead atoms. The Bertz CT molecular complexity index is 1310. The third-order valence-electron chi connectivity index (χ3n) is 5.68. The number of aryl methyl sites for hydroxylation is 1. The van der Waals surface area contributed by atoms with Crippen LogP contribution in [0.5, 0.6) is 17.2 Å². The van der Waals surface area contributed by atoms with Gasteiger partial charge in [-0.15, -0.1) is 0 Å². The van der Waals surface area contributed by atoms with Crippen molar-refractivity contribution in [2.45, 2.75) is 40.2 Å². The van der Waals surface area contributed by atoms with E-state index in [-0.39, 0.29) is 12.2 Å². The SMILES string of the molecule is CCOc1cc(/C=C(\C#N)C(=O)NCc2ccccc2)cc(Cl)c1OCCOc1cc(C)ccc1C(C)C. The lowest BCUT2D eigenvalue weighted by Crippen LogP contribution is -2.23. The lowest BCUT2D eigenvalue weighted by Gasteiger charge is -2.17. The molecule has 38 heavy (non-hydrogen) atoms. The topological polar surface area (TPSA) is 80.6 Å². The van der Waals surface area contributed by atoms with Crippen molar-refractivity contribution in [3.63, 3.8) is 0 Å². The van der Waals surface area contributed by atoms with Crippen LogP contribution < -0.4 is 19.5 Å². The van der Waals surface area contributed by atoms with Crippen molar-refractivity contribution >= 4 is 23.6 Å². The highest BCUT2D eigenvalue weighted by Gasteiger charge is 2.15. The Labute approximate surface area is 229 Å². The van der Waals surface area contributed by atoms with Gasteiger partial charge < -0.3 is 19.5 Å². The molecule has 0 aliphatic rings. The third-order valence-corrected chi connectivity index (χ3v) is 5.96. The van der Waals surface area contributed by atoms with Crippen molar-refractivity contribution in [2.24, 2.45) is 0 Å². The van der Waals surface area contributed by atoms with E-state index in [4.69, 9.17) is 25.8 Å². The molecule has 0 fully saturated rings. The molecule has 0 aliphatic carbocycles. The van der Waals surface area contributed by atoms with Crippen molar-refractivity contribution in [3.05, 3.63) is 93.5 Å². The number of hydrogen-bond acceptors (Lipinski definition) is 5. The lowest BCUT2D eigenvalue weighted by atomic mass is 10.0. The van der Waals surface area contributed by atoms with Gasteiger partial charge in [0, 0.05) is 6.54 Å². The zero-order valence-corrected chi connectivity index (χ0v) is 23.0. The Morgan fingerprint density at radius 1 is 1.03 bits per heavy atom. The van der Waals surface area contributed by atoms with Crippen LogP contribution in [0.15, 0.2) is 66.2 Å². The van der Waals surface area contributed by atoms with E-state index in [9.17, 15) is 10.1 Å². The highest BCUT2D eigenvalue weighted by Crippen LogP contribution is 2.37. The number of nitrogens with zero attached hydrogens (tertiary/aromatic N) is 1. The maximum Gasteiger partial charge on any atom is 0.262 e. The van der Waals surface area contributed by atoms with Crippen molar-refractivity contribution in [1.29, 1.82) is 5.26 Å². The lowest BCUT2D eigenvalue weighted by molar-refractivity contribution is -0.117. The summed E-state index contributed by atoms with van der Waals surface area (Å²) in [6, 6.07) is 21.0. The number of halogens is 1. The molecule has 0 atom stereocenters. The van der Waals surface area contributed by atoms with E-state index in [2.05, 4.69) is 31.3 Å². The Kier molecular flexibility index (Phi) is 10.6. The summed E-state index contributed by atoms with van der Waals surface area (Å²) in [4.78, 5) is 12.6. The quantitative estimate of drug-likeness (QED) is 0.157. The van der Waals surface area contributed by atoms with Crippen LogP contribution in [-0.4, -0.2) is 25.7 Å². The van der Waals surface area contributed by atoms with Crippen LogP contribution in [0.1, 0.15) is 48.9 Å². The molecular formula is C31H33ClN2O4. The number of amides is 1. The Morgan fingerprint density at radius 2 is 1.76 bits per heavy atom. The van der Waals surface area contributed by atoms with Crippen molar-refractivity contribution in [1.82, 2.24) is 5.32 Å². The van der Waals surface area contributed by atoms with Gasteiger partial charge in [0.2, 0.25) is 0 Å². The number of nitriles is 1. The molecule has 0 saturated carbocycles. The predicted molar refractivity (Wildman–Crippen MR) is 151 cm³/mol. The highest BCUT2D eigenvalue weighted by molar-refractivity contribution is 6.32. The predicted octanol–water partition coefficient (Wildman–Crippen LogP) is 6.85. The molecule has 0 unspecified atom stereocenters. The average Bonchev–Trinajstić information content (AvgIpc) is 2.90. The summed E-state index contributed by atoms with van der Waals surface area (Å²) < 4.78 is 17.7. The van der Waals surface area contributed by atoms with Gasteiger partial charge >= 0.3 is 0 Å². The molecule has 6 nitrogen and oxygen atoms in total. The molecule has 7 heteroatoms. The van der Waals surface area contributed by atoms with E-state index < -0.39 is 5.91 Å². The molecule has 0 aliphatic heterocycles. The van der Waals surface area contributed by atoms with Crippen molar-refractivity contribution in [3.8, 4) is 23.3 Å². The fourth-order valence-electron chi connectivity index (χ4n) is 3.80. The molecule has 3 aromatic carbocycles. The smallest absolute Gasteiger partial charge is 0.262 e. The third kappa shape index (κ3) is 8.03. The summed E-state index contributed by atoms with van der Waals surface area (Å²) in [5, 5.41) is 12.7. The Hall–Kier alpha value is -3.95. The van der Waals surface area contributed by atoms with Gasteiger partial charge in [0.1, 0.15) is 30.6 Å². The molecule has 198 valence electrons. The number of rotatable bonds is 12. The van der Waals surface area contributed by atoms with Crippen LogP contribution in [-0.2, 0) is 11.3 Å². The molecule has 1 amide bonds. The number of carbonyl (C=O) groups is 1. The molecular weight excluding hydrogens is 500 g/mol. The van der Waals surface area contributed by atoms with E-state index in [1.807, 2.05) is 56.3 Å². The van der Waals surface area contributed by atoms with Gasteiger partial charge in [-0.2, -0.15) is 5.26 Å². The maximum atomic E-state index is 12.6. The molecule has 0 aromatic heterocycles. The number of hydrogen-bond donors (Lipinski definition) is 1. The number of nitrogens with one attached hydrogen (secondary N) is 1. The van der Waals surface area contributed by atoms with Gasteiger partial charge in [-0.3, -0.25) is 4.79 Å². The zero-order valence-electron chi connectivity index (χ0n) is 22.2. The Morgan fingerprint density at radius 3 is 2.45 bits per heavy atom. The van der Waals surface area contributed by atoms with Crippen molar-refractivity contribution < 1.29 is 19.0 Å². The first-order valence-corrected chi connectivity index (χ1v) is 13.0. The summed E-state index contributed by atoms with van der Waals surface area (Å²) in [6.45, 7) is 9.43. The number of benzene rings is 3. The minimum Gasteiger partial charge on any atom is -0.490 e. The van der Waals surface area contributed by atoms with Gasteiger partial charge in [-0.05, 0) is 66.3 Å². The van der Waals surface area contributed by atoms with E-state index in [0.717, 1.165) is 22.4 Å². The molecule has 0 heterocycles. The minimum atomic E-state index is -0.472. The summed E-state index contributed by atoms with van der Waals surface area (Å²) in [7, 11) is 0. The average molecular weight is 533 g/mol. The van der Waals surface area contributed by atoms with Crippen LogP contribution in [0.25, 0.3) is 6.08 Å². The second kappa shape index (κ2) is 14.1. The molecule has 0 saturated heterocycles. The molecule has 1 N–H and O–H groups in total. The van der Waals surface area contributed by atoms with Gasteiger partial charge in [0.25, 0.3) is 5.91 Å². The normalized spacial score (nSPS) is 11.1. The van der Waals surface area contributed by atoms with Gasteiger partial charge in [-0.25, -0.2) is 0 Å². The van der Waals surface area contributed by atoms with Crippen LogP contribution in [0.4, 0.5) is 0 Å². The van der Waals surface area contributed by atoms with Crippen molar-refractivity contribution in [2.75, 3.05) is 19.8 Å². The number of carbonyl (C=O) groups excluding carboxylic acids is 1. The summed E-state index contributed by atoms with van der Waals surface area (Å²) in [5.41, 5.74) is 3.71. The van der Waals surface area contributed by atoms with Gasteiger partial charge in [0.05, 0.1) is 11.6 Å². The van der Waals surface area contributed by atoms with Crippen LogP contribution in [0.2, 0.25) is 5.02 Å². The van der Waals surface area contributed by atoms with E-state index in [1.54, 1.807) is 12.1 Å². The summed E-state index contributed by atoms with van der Waals surface area (Å²) >= 11 is 6.54. The van der Waals surface area contributed by atoms with Gasteiger partial charge in [-0.1, -0.05) is 67.9 Å². The first-order valence-electron chi connectivity index (χ1n) is 12.6.